The maximum Gasteiger partial charge on any atom is 0.129 e. The molecule has 0 bridgehead atoms. The van der Waals surface area contributed by atoms with E-state index in [1.165, 1.54) is 5.69 Å². The number of nitrogens with two attached hydrogens (primary N) is 1. The molecule has 3 rings (SSSR count). The van der Waals surface area contributed by atoms with Gasteiger partial charge >= 0.3 is 0 Å². The zero-order valence-corrected chi connectivity index (χ0v) is 12.4. The van der Waals surface area contributed by atoms with E-state index in [1.54, 1.807) is 0 Å². The summed E-state index contributed by atoms with van der Waals surface area (Å²) in [5.41, 5.74) is 7.26. The summed E-state index contributed by atoms with van der Waals surface area (Å²) in [5.74, 6) is 1.74. The molecule has 110 valence electrons. The van der Waals surface area contributed by atoms with Crippen LogP contribution >= 0.6 is 0 Å². The number of hydrogen-bond donors (Lipinski definition) is 1. The molecule has 0 amide bonds. The Labute approximate surface area is 126 Å². The quantitative estimate of drug-likeness (QED) is 0.930. The molecule has 1 aliphatic rings. The molecule has 21 heavy (non-hydrogen) atoms. The lowest BCUT2D eigenvalue weighted by atomic mass is 9.98. The molecule has 0 aromatic heterocycles. The molecule has 3 nitrogen and oxygen atoms in total. The predicted octanol–water partition coefficient (Wildman–Crippen LogP) is 3.79. The van der Waals surface area contributed by atoms with Crippen LogP contribution in [0.3, 0.4) is 0 Å². The number of piperidine rings is 1. The van der Waals surface area contributed by atoms with E-state index in [0.717, 1.165) is 30.9 Å². The summed E-state index contributed by atoms with van der Waals surface area (Å²) < 4.78 is 5.91. The van der Waals surface area contributed by atoms with E-state index < -0.39 is 0 Å². The third-order valence-electron chi connectivity index (χ3n) is 4.04. The van der Waals surface area contributed by atoms with Crippen LogP contribution in [0, 0.1) is 0 Å². The Hall–Kier alpha value is -2.00. The Kier molecular flexibility index (Phi) is 4.11. The third-order valence-corrected chi connectivity index (χ3v) is 4.04. The fourth-order valence-electron chi connectivity index (χ4n) is 2.94. The van der Waals surface area contributed by atoms with Gasteiger partial charge in [-0.1, -0.05) is 24.3 Å². The minimum absolute atomic E-state index is 0.333. The molecule has 0 aliphatic carbocycles. The van der Waals surface area contributed by atoms with Crippen molar-refractivity contribution >= 4 is 5.69 Å². The molecule has 0 spiro atoms. The zero-order chi connectivity index (χ0) is 14.7. The van der Waals surface area contributed by atoms with E-state index in [1.807, 2.05) is 36.4 Å². The van der Waals surface area contributed by atoms with Crippen molar-refractivity contribution in [3.05, 3.63) is 54.6 Å². The highest BCUT2D eigenvalue weighted by atomic mass is 16.5. The van der Waals surface area contributed by atoms with Gasteiger partial charge in [-0.25, -0.2) is 0 Å². The lowest BCUT2D eigenvalue weighted by Gasteiger charge is -2.38. The summed E-state index contributed by atoms with van der Waals surface area (Å²) in [6.07, 6.45) is 2.10. The van der Waals surface area contributed by atoms with Crippen LogP contribution < -0.4 is 15.4 Å². The fraction of sp³-hybridized carbons (Fsp3) is 0.333. The van der Waals surface area contributed by atoms with Crippen molar-refractivity contribution in [2.24, 2.45) is 5.73 Å². The topological polar surface area (TPSA) is 38.5 Å². The van der Waals surface area contributed by atoms with E-state index in [4.69, 9.17) is 10.5 Å². The monoisotopic (exact) mass is 282 g/mol. The minimum atomic E-state index is 0.333. The summed E-state index contributed by atoms with van der Waals surface area (Å²) in [4.78, 5) is 2.42. The van der Waals surface area contributed by atoms with Crippen molar-refractivity contribution in [2.75, 3.05) is 11.4 Å². The number of benzene rings is 2. The van der Waals surface area contributed by atoms with Crippen LogP contribution in [0.1, 0.15) is 19.8 Å². The molecule has 1 saturated heterocycles. The standard InChI is InChI=1S/C18H22N2O/c1-14-12-15(19)10-11-20(14)16-6-5-9-18(13-16)21-17-7-3-2-4-8-17/h2-9,13-15H,10-12,19H2,1H3. The van der Waals surface area contributed by atoms with Gasteiger partial charge in [-0.05, 0) is 44.0 Å². The molecule has 1 heterocycles. The van der Waals surface area contributed by atoms with E-state index in [9.17, 15) is 0 Å². The second kappa shape index (κ2) is 6.19. The molecule has 1 aliphatic heterocycles. The second-order valence-electron chi connectivity index (χ2n) is 5.74. The molecule has 0 saturated carbocycles. The van der Waals surface area contributed by atoms with Crippen LogP contribution in [0.15, 0.2) is 54.6 Å². The van der Waals surface area contributed by atoms with Crippen molar-refractivity contribution in [3.63, 3.8) is 0 Å². The fourth-order valence-corrected chi connectivity index (χ4v) is 2.94. The normalized spacial score (nSPS) is 22.1. The smallest absolute Gasteiger partial charge is 0.129 e. The van der Waals surface area contributed by atoms with Gasteiger partial charge in [-0.15, -0.1) is 0 Å². The Morgan fingerprint density at radius 2 is 1.81 bits per heavy atom. The van der Waals surface area contributed by atoms with Crippen molar-refractivity contribution < 1.29 is 4.74 Å². The van der Waals surface area contributed by atoms with E-state index in [0.29, 0.717) is 12.1 Å². The van der Waals surface area contributed by atoms with Crippen LogP contribution in [0.2, 0.25) is 0 Å². The van der Waals surface area contributed by atoms with E-state index in [2.05, 4.69) is 30.0 Å². The van der Waals surface area contributed by atoms with Gasteiger partial charge in [0.25, 0.3) is 0 Å². The molecule has 1 fully saturated rings. The molecule has 2 N–H and O–H groups in total. The van der Waals surface area contributed by atoms with Crippen molar-refractivity contribution in [1.82, 2.24) is 0 Å². The van der Waals surface area contributed by atoms with Crippen LogP contribution in [0.4, 0.5) is 5.69 Å². The highest BCUT2D eigenvalue weighted by molar-refractivity contribution is 5.52. The largest absolute Gasteiger partial charge is 0.457 e. The maximum atomic E-state index is 6.05. The van der Waals surface area contributed by atoms with Crippen LogP contribution in [-0.2, 0) is 0 Å². The highest BCUT2D eigenvalue weighted by Crippen LogP contribution is 2.29. The predicted molar refractivity (Wildman–Crippen MR) is 87.0 cm³/mol. The summed E-state index contributed by atoms with van der Waals surface area (Å²) in [6.45, 7) is 3.25. The van der Waals surface area contributed by atoms with Gasteiger partial charge in [0.15, 0.2) is 0 Å². The molecule has 3 heteroatoms. The minimum Gasteiger partial charge on any atom is -0.457 e. The van der Waals surface area contributed by atoms with E-state index >= 15 is 0 Å². The Bertz CT molecular complexity index is 585. The summed E-state index contributed by atoms with van der Waals surface area (Å²) in [5, 5.41) is 0. The summed E-state index contributed by atoms with van der Waals surface area (Å²) in [6, 6.07) is 19.0. The SMILES string of the molecule is CC1CC(N)CCN1c1cccc(Oc2ccccc2)c1. The Balaban J connectivity index is 1.77. The second-order valence-corrected chi connectivity index (χ2v) is 5.74. The first kappa shape index (κ1) is 14.0. The molecule has 2 unspecified atom stereocenters. The molecular weight excluding hydrogens is 260 g/mol. The summed E-state index contributed by atoms with van der Waals surface area (Å²) >= 11 is 0. The van der Waals surface area contributed by atoms with Gasteiger partial charge in [0.1, 0.15) is 11.5 Å². The summed E-state index contributed by atoms with van der Waals surface area (Å²) in [7, 11) is 0. The molecule has 2 aromatic carbocycles. The zero-order valence-electron chi connectivity index (χ0n) is 12.4. The maximum absolute atomic E-state index is 6.05. The first-order valence-corrected chi connectivity index (χ1v) is 7.57. The van der Waals surface area contributed by atoms with Gasteiger partial charge in [0, 0.05) is 30.4 Å². The highest BCUT2D eigenvalue weighted by Gasteiger charge is 2.23. The van der Waals surface area contributed by atoms with Crippen molar-refractivity contribution in [3.8, 4) is 11.5 Å². The van der Waals surface area contributed by atoms with Crippen LogP contribution in [0.5, 0.6) is 11.5 Å². The number of nitrogens with zero attached hydrogens (tertiary/aromatic N) is 1. The average Bonchev–Trinajstić information content (AvgIpc) is 2.48. The van der Waals surface area contributed by atoms with Crippen molar-refractivity contribution in [1.29, 1.82) is 0 Å². The number of anilines is 1. The molecule has 2 aromatic rings. The lowest BCUT2D eigenvalue weighted by molar-refractivity contribution is 0.428. The first-order chi connectivity index (χ1) is 10.2. The number of rotatable bonds is 3. The Morgan fingerprint density at radius 1 is 1.05 bits per heavy atom. The van der Waals surface area contributed by atoms with Gasteiger partial charge < -0.3 is 15.4 Å². The van der Waals surface area contributed by atoms with E-state index in [-0.39, 0.29) is 0 Å². The van der Waals surface area contributed by atoms with Gasteiger partial charge in [0.05, 0.1) is 0 Å². The molecular formula is C18H22N2O. The molecule has 2 atom stereocenters. The third kappa shape index (κ3) is 3.37. The Morgan fingerprint density at radius 3 is 2.57 bits per heavy atom. The van der Waals surface area contributed by atoms with Gasteiger partial charge in [-0.3, -0.25) is 0 Å². The number of para-hydroxylation sites is 1. The average molecular weight is 282 g/mol. The number of ether oxygens (including phenoxy) is 1. The first-order valence-electron chi connectivity index (χ1n) is 7.57. The van der Waals surface area contributed by atoms with Crippen molar-refractivity contribution in [2.45, 2.75) is 31.8 Å². The molecule has 0 radical (unpaired) electrons. The van der Waals surface area contributed by atoms with Crippen LogP contribution in [-0.4, -0.2) is 18.6 Å². The van der Waals surface area contributed by atoms with Crippen LogP contribution in [0.25, 0.3) is 0 Å². The van der Waals surface area contributed by atoms with Gasteiger partial charge in [0.2, 0.25) is 0 Å². The number of hydrogen-bond acceptors (Lipinski definition) is 3. The van der Waals surface area contributed by atoms with Gasteiger partial charge in [-0.2, -0.15) is 0 Å². The lowest BCUT2D eigenvalue weighted by Crippen LogP contribution is -2.45.